The molecule has 1 fully saturated rings. The van der Waals surface area contributed by atoms with E-state index in [1.54, 1.807) is 5.01 Å². The Morgan fingerprint density at radius 1 is 1.38 bits per heavy atom. The Bertz CT molecular complexity index is 1030. The lowest BCUT2D eigenvalue weighted by Crippen LogP contribution is -2.32. The van der Waals surface area contributed by atoms with Crippen LogP contribution in [0.3, 0.4) is 0 Å². The number of carbonyl (C=O) groups is 1. The Hall–Kier alpha value is -2.57. The van der Waals surface area contributed by atoms with Gasteiger partial charge in [-0.05, 0) is 29.5 Å². The highest BCUT2D eigenvalue weighted by molar-refractivity contribution is 7.90. The summed E-state index contributed by atoms with van der Waals surface area (Å²) < 4.78 is 31.1. The molecule has 0 unspecified atom stereocenters. The van der Waals surface area contributed by atoms with E-state index in [4.69, 9.17) is 16.3 Å². The number of aromatic nitrogens is 4. The van der Waals surface area contributed by atoms with E-state index in [-0.39, 0.29) is 27.0 Å². The number of carbonyl (C=O) groups excluding carboxylic acids is 1. The number of nitrogens with zero attached hydrogens (tertiary/aromatic N) is 6. The van der Waals surface area contributed by atoms with Crippen LogP contribution in [0.1, 0.15) is 22.8 Å². The number of morpholine rings is 1. The first kappa shape index (κ1) is 21.1. The zero-order valence-electron chi connectivity index (χ0n) is 15.9. The van der Waals surface area contributed by atoms with Crippen molar-refractivity contribution in [1.29, 1.82) is 0 Å². The molecule has 1 aromatic heterocycles. The van der Waals surface area contributed by atoms with Crippen molar-refractivity contribution in [3.8, 4) is 0 Å². The Morgan fingerprint density at radius 2 is 2.10 bits per heavy atom. The van der Waals surface area contributed by atoms with Gasteiger partial charge >= 0.3 is 0 Å². The Balaban J connectivity index is 1.96. The molecule has 1 saturated heterocycles. The van der Waals surface area contributed by atoms with Gasteiger partial charge in [0, 0.05) is 18.4 Å². The quantitative estimate of drug-likeness (QED) is 0.647. The highest BCUT2D eigenvalue weighted by atomic mass is 35.5. The normalized spacial score (nSPS) is 15.1. The second-order valence-electron chi connectivity index (χ2n) is 6.19. The number of tetrazole rings is 1. The standard InChI is InChI=1S/C16H20ClN7O4S/c1-3-24-16(20-21-22-24)19-15(25)11-4-5-13(29(2,26)27)12(14(11)17)10-18-23-6-8-28-9-7-23/h4-5,10H,3,6-9H2,1-2H3,(H,19,20,22,25). The lowest BCUT2D eigenvalue weighted by atomic mass is 10.1. The number of halogens is 1. The molecular formula is C16H20ClN7O4S. The molecule has 1 amide bonds. The summed E-state index contributed by atoms with van der Waals surface area (Å²) in [6.45, 7) is 4.47. The zero-order chi connectivity index (χ0) is 21.0. The number of nitrogens with one attached hydrogen (secondary N) is 1. The van der Waals surface area contributed by atoms with E-state index in [0.29, 0.717) is 32.8 Å². The highest BCUT2D eigenvalue weighted by Crippen LogP contribution is 2.27. The molecular weight excluding hydrogens is 422 g/mol. The predicted molar refractivity (Wildman–Crippen MR) is 106 cm³/mol. The van der Waals surface area contributed by atoms with Crippen molar-refractivity contribution in [2.45, 2.75) is 18.4 Å². The molecule has 0 atom stereocenters. The van der Waals surface area contributed by atoms with Crippen LogP contribution >= 0.6 is 11.6 Å². The van der Waals surface area contributed by atoms with Gasteiger partial charge in [-0.1, -0.05) is 16.7 Å². The maximum Gasteiger partial charge on any atom is 0.259 e. The summed E-state index contributed by atoms with van der Waals surface area (Å²) in [5.74, 6) is -0.412. The number of amides is 1. The smallest absolute Gasteiger partial charge is 0.259 e. The van der Waals surface area contributed by atoms with Gasteiger partial charge in [-0.25, -0.2) is 13.1 Å². The molecule has 2 aromatic rings. The minimum atomic E-state index is -3.60. The van der Waals surface area contributed by atoms with Crippen LogP contribution in [0.2, 0.25) is 5.02 Å². The maximum absolute atomic E-state index is 12.7. The molecule has 29 heavy (non-hydrogen) atoms. The van der Waals surface area contributed by atoms with Gasteiger partial charge in [-0.2, -0.15) is 5.10 Å². The van der Waals surface area contributed by atoms with Crippen molar-refractivity contribution in [1.82, 2.24) is 25.2 Å². The fourth-order valence-corrected chi connectivity index (χ4v) is 3.90. The molecule has 156 valence electrons. The molecule has 0 radical (unpaired) electrons. The number of hydrogen-bond acceptors (Lipinski definition) is 9. The van der Waals surface area contributed by atoms with Crippen molar-refractivity contribution >= 4 is 39.5 Å². The van der Waals surface area contributed by atoms with E-state index in [1.807, 2.05) is 6.92 Å². The average molecular weight is 442 g/mol. The lowest BCUT2D eigenvalue weighted by molar-refractivity contribution is 0.0397. The molecule has 0 aliphatic carbocycles. The fourth-order valence-electron chi connectivity index (χ4n) is 2.68. The number of hydrazone groups is 1. The van der Waals surface area contributed by atoms with E-state index in [9.17, 15) is 13.2 Å². The Kier molecular flexibility index (Phi) is 6.45. The van der Waals surface area contributed by atoms with Gasteiger partial charge in [-0.3, -0.25) is 15.1 Å². The van der Waals surface area contributed by atoms with Crippen LogP contribution in [0.4, 0.5) is 5.95 Å². The van der Waals surface area contributed by atoms with Crippen LogP contribution < -0.4 is 5.32 Å². The third kappa shape index (κ3) is 4.89. The van der Waals surface area contributed by atoms with Gasteiger partial charge in [0.1, 0.15) is 0 Å². The minimum absolute atomic E-state index is 0.0190. The lowest BCUT2D eigenvalue weighted by Gasteiger charge is -2.23. The van der Waals surface area contributed by atoms with Gasteiger partial charge in [0.15, 0.2) is 9.84 Å². The first-order valence-corrected chi connectivity index (χ1v) is 11.0. The van der Waals surface area contributed by atoms with Crippen LogP contribution in [-0.4, -0.2) is 78.3 Å². The van der Waals surface area contributed by atoms with Crippen LogP contribution in [-0.2, 0) is 21.1 Å². The maximum atomic E-state index is 12.7. The third-order valence-corrected chi connectivity index (χ3v) is 5.74. The number of aryl methyl sites for hydroxylation is 1. The summed E-state index contributed by atoms with van der Waals surface area (Å²) in [6, 6.07) is 2.68. The van der Waals surface area contributed by atoms with E-state index >= 15 is 0 Å². The van der Waals surface area contributed by atoms with Crippen molar-refractivity contribution in [2.75, 3.05) is 37.9 Å². The summed E-state index contributed by atoms with van der Waals surface area (Å²) in [7, 11) is -3.60. The molecule has 1 N–H and O–H groups in total. The van der Waals surface area contributed by atoms with Crippen molar-refractivity contribution in [3.05, 3.63) is 28.3 Å². The summed E-state index contributed by atoms with van der Waals surface area (Å²) in [6.07, 6.45) is 2.43. The number of benzene rings is 1. The molecule has 1 aromatic carbocycles. The van der Waals surface area contributed by atoms with Crippen molar-refractivity contribution in [3.63, 3.8) is 0 Å². The molecule has 0 spiro atoms. The van der Waals surface area contributed by atoms with Crippen LogP contribution in [0.25, 0.3) is 0 Å². The van der Waals surface area contributed by atoms with Crippen LogP contribution in [0.5, 0.6) is 0 Å². The number of hydrogen-bond donors (Lipinski definition) is 1. The summed E-state index contributed by atoms with van der Waals surface area (Å²) in [5, 5.41) is 19.6. The van der Waals surface area contributed by atoms with E-state index in [0.717, 1.165) is 6.26 Å². The summed E-state index contributed by atoms with van der Waals surface area (Å²) in [5.41, 5.74) is 0.219. The minimum Gasteiger partial charge on any atom is -0.378 e. The van der Waals surface area contributed by atoms with Gasteiger partial charge in [0.25, 0.3) is 5.91 Å². The first-order valence-electron chi connectivity index (χ1n) is 8.78. The summed E-state index contributed by atoms with van der Waals surface area (Å²) >= 11 is 6.43. The molecule has 1 aliphatic rings. The Morgan fingerprint density at radius 3 is 2.76 bits per heavy atom. The topological polar surface area (TPSA) is 132 Å². The molecule has 1 aliphatic heterocycles. The molecule has 0 bridgehead atoms. The fraction of sp³-hybridized carbons (Fsp3) is 0.438. The SMILES string of the molecule is CCn1nnnc1NC(=O)c1ccc(S(C)(=O)=O)c(C=NN2CCOCC2)c1Cl. The Labute approximate surface area is 172 Å². The van der Waals surface area contributed by atoms with Gasteiger partial charge < -0.3 is 4.74 Å². The van der Waals surface area contributed by atoms with Gasteiger partial charge in [-0.15, -0.1) is 0 Å². The second-order valence-corrected chi connectivity index (χ2v) is 8.56. The van der Waals surface area contributed by atoms with Crippen molar-refractivity contribution < 1.29 is 17.9 Å². The van der Waals surface area contributed by atoms with Crippen LogP contribution in [0, 0.1) is 0 Å². The van der Waals surface area contributed by atoms with Crippen molar-refractivity contribution in [2.24, 2.45) is 5.10 Å². The number of anilines is 1. The number of sulfone groups is 1. The molecule has 3 rings (SSSR count). The zero-order valence-corrected chi connectivity index (χ0v) is 17.4. The second kappa shape index (κ2) is 8.84. The highest BCUT2D eigenvalue weighted by Gasteiger charge is 2.22. The number of rotatable bonds is 6. The average Bonchev–Trinajstić information content (AvgIpc) is 3.13. The van der Waals surface area contributed by atoms with Gasteiger partial charge in [0.05, 0.1) is 48.0 Å². The van der Waals surface area contributed by atoms with E-state index in [1.165, 1.54) is 23.0 Å². The third-order valence-electron chi connectivity index (χ3n) is 4.18. The molecule has 2 heterocycles. The molecule has 0 saturated carbocycles. The first-order chi connectivity index (χ1) is 13.8. The largest absolute Gasteiger partial charge is 0.378 e. The molecule has 13 heteroatoms. The summed E-state index contributed by atoms with van der Waals surface area (Å²) in [4.78, 5) is 12.7. The van der Waals surface area contributed by atoms with E-state index < -0.39 is 15.7 Å². The predicted octanol–water partition coefficient (Wildman–Crippen LogP) is 0.668. The molecule has 11 nitrogen and oxygen atoms in total. The van der Waals surface area contributed by atoms with Crippen LogP contribution in [0.15, 0.2) is 22.1 Å². The van der Waals surface area contributed by atoms with Gasteiger partial charge in [0.2, 0.25) is 5.95 Å². The number of ether oxygens (including phenoxy) is 1. The van der Waals surface area contributed by atoms with E-state index in [2.05, 4.69) is 25.9 Å². The monoisotopic (exact) mass is 441 g/mol.